The van der Waals surface area contributed by atoms with Crippen molar-refractivity contribution in [3.05, 3.63) is 36.0 Å². The van der Waals surface area contributed by atoms with E-state index in [0.717, 1.165) is 50.5 Å². The SMILES string of the molecule is C=CC(=O)N[C@]12CCC(C)(C)C[C@H]1[C@H]1C(=O)C=C3[C@@]4(C)C=C(C#N)C(=O)C(C)(C)[C@@H]4CC[C@@]3(C)[C@]1(C)CC2. The zero-order chi connectivity index (χ0) is 28.1. The van der Waals surface area contributed by atoms with Crippen LogP contribution >= 0.6 is 0 Å². The van der Waals surface area contributed by atoms with Crippen molar-refractivity contribution in [2.24, 2.45) is 44.8 Å². The summed E-state index contributed by atoms with van der Waals surface area (Å²) in [6, 6.07) is 2.18. The summed E-state index contributed by atoms with van der Waals surface area (Å²) in [6.45, 7) is 19.0. The molecule has 0 aromatic rings. The largest absolute Gasteiger partial charge is 0.347 e. The molecule has 0 aromatic carbocycles. The van der Waals surface area contributed by atoms with Crippen LogP contribution in [0.4, 0.5) is 0 Å². The highest BCUT2D eigenvalue weighted by molar-refractivity contribution is 6.04. The van der Waals surface area contributed by atoms with Gasteiger partial charge in [0.15, 0.2) is 11.6 Å². The first kappa shape index (κ1) is 27.1. The summed E-state index contributed by atoms with van der Waals surface area (Å²) in [4.78, 5) is 40.3. The Morgan fingerprint density at radius 1 is 1.05 bits per heavy atom. The Balaban J connectivity index is 1.68. The Hall–Kier alpha value is -2.48. The molecule has 0 aliphatic heterocycles. The van der Waals surface area contributed by atoms with Gasteiger partial charge in [-0.05, 0) is 85.2 Å². The summed E-state index contributed by atoms with van der Waals surface area (Å²) in [7, 11) is 0. The highest BCUT2D eigenvalue weighted by Gasteiger charge is 2.70. The van der Waals surface area contributed by atoms with E-state index in [1.807, 2.05) is 26.0 Å². The second-order valence-corrected chi connectivity index (χ2v) is 15.1. The molecule has 0 saturated heterocycles. The average molecular weight is 517 g/mol. The van der Waals surface area contributed by atoms with E-state index in [9.17, 15) is 19.6 Å². The highest BCUT2D eigenvalue weighted by Crippen LogP contribution is 2.73. The number of Topliss-reactive ketones (excluding diaryl/α,β-unsaturated/α-hetero) is 1. The minimum Gasteiger partial charge on any atom is -0.347 e. The maximum absolute atomic E-state index is 14.4. The molecule has 5 aliphatic rings. The fourth-order valence-electron chi connectivity index (χ4n) is 10.1. The van der Waals surface area contributed by atoms with Crippen LogP contribution in [0.15, 0.2) is 36.0 Å². The molecule has 1 amide bonds. The van der Waals surface area contributed by atoms with Crippen molar-refractivity contribution >= 4 is 17.5 Å². The van der Waals surface area contributed by atoms with Gasteiger partial charge in [-0.15, -0.1) is 0 Å². The van der Waals surface area contributed by atoms with E-state index >= 15 is 0 Å². The van der Waals surface area contributed by atoms with Crippen LogP contribution in [0.25, 0.3) is 0 Å². The fourth-order valence-corrected chi connectivity index (χ4v) is 10.1. The zero-order valence-corrected chi connectivity index (χ0v) is 24.3. The normalized spacial score (nSPS) is 44.6. The van der Waals surface area contributed by atoms with Crippen molar-refractivity contribution in [2.45, 2.75) is 99.0 Å². The van der Waals surface area contributed by atoms with Gasteiger partial charge in [-0.3, -0.25) is 14.4 Å². The molecule has 5 rings (SSSR count). The maximum atomic E-state index is 14.4. The minimum absolute atomic E-state index is 0.0371. The summed E-state index contributed by atoms with van der Waals surface area (Å²) in [5, 5.41) is 13.2. The van der Waals surface area contributed by atoms with Crippen molar-refractivity contribution in [3.8, 4) is 6.07 Å². The van der Waals surface area contributed by atoms with E-state index in [1.165, 1.54) is 6.08 Å². The van der Waals surface area contributed by atoms with Crippen LogP contribution in [0.1, 0.15) is 93.4 Å². The summed E-state index contributed by atoms with van der Waals surface area (Å²) >= 11 is 0. The molecule has 38 heavy (non-hydrogen) atoms. The van der Waals surface area contributed by atoms with Gasteiger partial charge in [-0.2, -0.15) is 5.26 Å². The van der Waals surface area contributed by atoms with E-state index in [1.54, 1.807) is 0 Å². The molecular weight excluding hydrogens is 472 g/mol. The summed E-state index contributed by atoms with van der Waals surface area (Å²) in [5.41, 5.74) is -0.693. The molecule has 0 radical (unpaired) electrons. The van der Waals surface area contributed by atoms with Crippen LogP contribution in [0.5, 0.6) is 0 Å². The first-order valence-corrected chi connectivity index (χ1v) is 14.4. The standard InChI is InChI=1S/C33H44N2O3/c1-9-25(37)35-33-14-12-28(2,3)18-21(33)26-22(36)16-24-30(6)17-20(19-34)27(38)29(4,5)23(30)10-11-31(24,7)32(26,8)13-15-33/h9,16-17,21,23,26H,1,10-15,18H2,2-8H3,(H,35,37)/t21-,23-,26-,30-,31+,32+,33-/m0/s1. The number of allylic oxidation sites excluding steroid dienone is 4. The van der Waals surface area contributed by atoms with Gasteiger partial charge in [0.1, 0.15) is 6.07 Å². The molecule has 5 aliphatic carbocycles. The predicted molar refractivity (Wildman–Crippen MR) is 148 cm³/mol. The second kappa shape index (κ2) is 8.03. The van der Waals surface area contributed by atoms with E-state index in [-0.39, 0.29) is 57.0 Å². The summed E-state index contributed by atoms with van der Waals surface area (Å²) in [6.07, 6.45) is 11.4. The third-order valence-electron chi connectivity index (χ3n) is 12.4. The molecule has 3 saturated carbocycles. The third kappa shape index (κ3) is 3.31. The lowest BCUT2D eigenvalue weighted by Gasteiger charge is -2.69. The van der Waals surface area contributed by atoms with Crippen LogP contribution in [-0.4, -0.2) is 23.0 Å². The number of hydrogen-bond donors (Lipinski definition) is 1. The molecule has 0 spiro atoms. The Morgan fingerprint density at radius 2 is 1.71 bits per heavy atom. The molecular formula is C33H44N2O3. The molecule has 5 nitrogen and oxygen atoms in total. The highest BCUT2D eigenvalue weighted by atomic mass is 16.2. The first-order chi connectivity index (χ1) is 17.5. The van der Waals surface area contributed by atoms with Crippen LogP contribution in [-0.2, 0) is 14.4 Å². The number of rotatable bonds is 2. The van der Waals surface area contributed by atoms with Gasteiger partial charge in [-0.1, -0.05) is 66.7 Å². The molecule has 0 bridgehead atoms. The number of hydrogen-bond acceptors (Lipinski definition) is 4. The Bertz CT molecular complexity index is 1250. The zero-order valence-electron chi connectivity index (χ0n) is 24.3. The van der Waals surface area contributed by atoms with Gasteiger partial charge >= 0.3 is 0 Å². The quantitative estimate of drug-likeness (QED) is 0.439. The molecule has 3 fully saturated rings. The van der Waals surface area contributed by atoms with E-state index in [0.29, 0.717) is 0 Å². The fraction of sp³-hybridized carbons (Fsp3) is 0.697. The van der Waals surface area contributed by atoms with Crippen molar-refractivity contribution in [2.75, 3.05) is 0 Å². The monoisotopic (exact) mass is 516 g/mol. The molecule has 1 N–H and O–H groups in total. The molecule has 5 heteroatoms. The predicted octanol–water partition coefficient (Wildman–Crippen LogP) is 6.26. The van der Waals surface area contributed by atoms with Crippen LogP contribution < -0.4 is 5.32 Å². The Kier molecular flexibility index (Phi) is 5.72. The van der Waals surface area contributed by atoms with E-state index < -0.39 is 16.4 Å². The summed E-state index contributed by atoms with van der Waals surface area (Å²) < 4.78 is 0. The van der Waals surface area contributed by atoms with Crippen molar-refractivity contribution in [3.63, 3.8) is 0 Å². The van der Waals surface area contributed by atoms with Gasteiger partial charge in [0.05, 0.1) is 5.57 Å². The summed E-state index contributed by atoms with van der Waals surface area (Å²) in [5.74, 6) is -0.176. The molecule has 0 heterocycles. The van der Waals surface area contributed by atoms with E-state index in [2.05, 4.69) is 52.6 Å². The molecule has 7 atom stereocenters. The number of nitriles is 1. The lowest BCUT2D eigenvalue weighted by molar-refractivity contribution is -0.163. The number of fused-ring (bicyclic) bond motifs is 7. The lowest BCUT2D eigenvalue weighted by Crippen LogP contribution is -2.69. The first-order valence-electron chi connectivity index (χ1n) is 14.4. The van der Waals surface area contributed by atoms with Gasteiger partial charge in [0.25, 0.3) is 0 Å². The van der Waals surface area contributed by atoms with Gasteiger partial charge in [0.2, 0.25) is 5.91 Å². The van der Waals surface area contributed by atoms with Gasteiger partial charge in [0, 0.05) is 22.3 Å². The van der Waals surface area contributed by atoms with Crippen LogP contribution in [0.2, 0.25) is 0 Å². The number of amides is 1. The number of carbonyl (C=O) groups excluding carboxylic acids is 3. The van der Waals surface area contributed by atoms with Gasteiger partial charge in [-0.25, -0.2) is 0 Å². The second-order valence-electron chi connectivity index (χ2n) is 15.1. The smallest absolute Gasteiger partial charge is 0.243 e. The average Bonchev–Trinajstić information content (AvgIpc) is 2.83. The van der Waals surface area contributed by atoms with Crippen molar-refractivity contribution in [1.29, 1.82) is 5.26 Å². The number of carbonyl (C=O) groups is 3. The number of nitrogens with one attached hydrogen (secondary N) is 1. The lowest BCUT2D eigenvalue weighted by atomic mass is 9.35. The Labute approximate surface area is 228 Å². The van der Waals surface area contributed by atoms with Crippen molar-refractivity contribution in [1.82, 2.24) is 5.32 Å². The van der Waals surface area contributed by atoms with Crippen LogP contribution in [0, 0.1) is 56.2 Å². The molecule has 0 unspecified atom stereocenters. The third-order valence-corrected chi connectivity index (χ3v) is 12.4. The van der Waals surface area contributed by atoms with Crippen LogP contribution in [0.3, 0.4) is 0 Å². The molecule has 0 aromatic heterocycles. The van der Waals surface area contributed by atoms with Crippen molar-refractivity contribution < 1.29 is 14.4 Å². The number of nitrogens with zero attached hydrogens (tertiary/aromatic N) is 1. The Morgan fingerprint density at radius 3 is 2.34 bits per heavy atom. The van der Waals surface area contributed by atoms with Gasteiger partial charge < -0.3 is 5.32 Å². The maximum Gasteiger partial charge on any atom is 0.243 e. The minimum atomic E-state index is -0.665. The topological polar surface area (TPSA) is 87.0 Å². The molecule has 204 valence electrons. The number of ketones is 2. The van der Waals surface area contributed by atoms with E-state index in [4.69, 9.17) is 0 Å².